The van der Waals surface area contributed by atoms with E-state index in [0.29, 0.717) is 11.1 Å². The lowest BCUT2D eigenvalue weighted by molar-refractivity contribution is 0.0444. The first-order chi connectivity index (χ1) is 17.2. The maximum Gasteiger partial charge on any atom is 0.346 e. The number of carbonyl (C=O) groups excluding carboxylic acids is 2. The fourth-order valence-electron chi connectivity index (χ4n) is 4.76. The van der Waals surface area contributed by atoms with Crippen LogP contribution >= 0.6 is 0 Å². The van der Waals surface area contributed by atoms with Gasteiger partial charge in [0.15, 0.2) is 0 Å². The average molecular weight is 459 g/mol. The Kier molecular flexibility index (Phi) is 6.67. The molecule has 0 spiro atoms. The van der Waals surface area contributed by atoms with Crippen molar-refractivity contribution in [3.8, 4) is 0 Å². The number of rotatable bonds is 0. The quantitative estimate of drug-likeness (QED) is 0.137. The molecule has 35 heavy (non-hydrogen) atoms. The summed E-state index contributed by atoms with van der Waals surface area (Å²) in [5.74, 6) is -1.10. The zero-order valence-electron chi connectivity index (χ0n) is 19.4. The van der Waals surface area contributed by atoms with Crippen molar-refractivity contribution in [1.82, 2.24) is 0 Å². The van der Waals surface area contributed by atoms with E-state index >= 15 is 0 Å². The third-order valence-corrected chi connectivity index (χ3v) is 6.48. The summed E-state index contributed by atoms with van der Waals surface area (Å²) in [5, 5.41) is 5.64. The maximum atomic E-state index is 10.8. The largest absolute Gasteiger partial charge is 0.386 e. The van der Waals surface area contributed by atoms with Crippen molar-refractivity contribution in [2.75, 3.05) is 0 Å². The summed E-state index contributed by atoms with van der Waals surface area (Å²) in [5.41, 5.74) is 3.89. The van der Waals surface area contributed by atoms with Crippen LogP contribution < -0.4 is 0 Å². The first-order valence-electron chi connectivity index (χ1n) is 12.0. The lowest BCUT2D eigenvalue weighted by atomic mass is 9.86. The van der Waals surface area contributed by atoms with E-state index in [-0.39, 0.29) is 0 Å². The third-order valence-electron chi connectivity index (χ3n) is 6.48. The standard InChI is InChI=1S/C18H16.C8H4O3.C6H6/c1-3-7-15-13(5-1)9-11-18-16-8-4-2-6-14(16)10-12-17(15)18;9-7-5-3-1-2-4-6(5)8(10)11-7;1-2-4-6-5-3-1/h1,3,5,7,9-12H,2,4,6,8H2;1-4H;1-6H. The van der Waals surface area contributed by atoms with Crippen molar-refractivity contribution in [2.45, 2.75) is 25.7 Å². The molecule has 1 aliphatic heterocycles. The molecule has 0 saturated carbocycles. The van der Waals surface area contributed by atoms with Crippen LogP contribution in [0, 0.1) is 0 Å². The molecule has 0 radical (unpaired) electrons. The van der Waals surface area contributed by atoms with E-state index in [1.165, 1.54) is 47.2 Å². The predicted molar refractivity (Wildman–Crippen MR) is 141 cm³/mol. The van der Waals surface area contributed by atoms with Crippen LogP contribution in [0.25, 0.3) is 21.5 Å². The molecular formula is C32H26O3. The van der Waals surface area contributed by atoms with Crippen molar-refractivity contribution in [2.24, 2.45) is 0 Å². The predicted octanol–water partition coefficient (Wildman–Crippen LogP) is 7.56. The van der Waals surface area contributed by atoms with Crippen LogP contribution in [0.3, 0.4) is 0 Å². The highest BCUT2D eigenvalue weighted by atomic mass is 16.6. The van der Waals surface area contributed by atoms with Gasteiger partial charge in [0.2, 0.25) is 0 Å². The van der Waals surface area contributed by atoms with Crippen molar-refractivity contribution in [3.05, 3.63) is 131 Å². The topological polar surface area (TPSA) is 43.4 Å². The van der Waals surface area contributed by atoms with E-state index in [0.717, 1.165) is 0 Å². The summed E-state index contributed by atoms with van der Waals surface area (Å²) in [6.45, 7) is 0. The highest BCUT2D eigenvalue weighted by Crippen LogP contribution is 2.33. The van der Waals surface area contributed by atoms with E-state index in [1.54, 1.807) is 35.4 Å². The number of benzene rings is 5. The Morgan fingerprint density at radius 1 is 0.486 bits per heavy atom. The van der Waals surface area contributed by atoms with Gasteiger partial charge >= 0.3 is 11.9 Å². The molecule has 1 heterocycles. The van der Waals surface area contributed by atoms with E-state index in [4.69, 9.17) is 0 Å². The monoisotopic (exact) mass is 458 g/mol. The Morgan fingerprint density at radius 2 is 1.06 bits per heavy atom. The van der Waals surface area contributed by atoms with Crippen LogP contribution in [-0.2, 0) is 17.6 Å². The summed E-state index contributed by atoms with van der Waals surface area (Å²) < 4.78 is 4.35. The molecule has 5 aromatic carbocycles. The number of cyclic esters (lactones) is 2. The number of carbonyl (C=O) groups is 2. The van der Waals surface area contributed by atoms with Gasteiger partial charge in [-0.05, 0) is 70.5 Å². The van der Waals surface area contributed by atoms with Crippen molar-refractivity contribution in [3.63, 3.8) is 0 Å². The van der Waals surface area contributed by atoms with Gasteiger partial charge < -0.3 is 4.74 Å². The van der Waals surface area contributed by atoms with E-state index in [2.05, 4.69) is 53.3 Å². The molecule has 0 atom stereocenters. The number of hydrogen-bond donors (Lipinski definition) is 0. The Hall–Kier alpha value is -4.24. The summed E-state index contributed by atoms with van der Waals surface area (Å²) in [7, 11) is 0. The van der Waals surface area contributed by atoms with Crippen LogP contribution in [0.2, 0.25) is 0 Å². The van der Waals surface area contributed by atoms with Crippen LogP contribution in [0.1, 0.15) is 44.7 Å². The van der Waals surface area contributed by atoms with Crippen molar-refractivity contribution in [1.29, 1.82) is 0 Å². The molecule has 0 saturated heterocycles. The summed E-state index contributed by atoms with van der Waals surface area (Å²) >= 11 is 0. The maximum absolute atomic E-state index is 10.8. The summed E-state index contributed by atoms with van der Waals surface area (Å²) in [6, 6.07) is 36.5. The van der Waals surface area contributed by atoms with Crippen LogP contribution in [0.15, 0.2) is 109 Å². The molecule has 0 fully saturated rings. The Morgan fingerprint density at radius 3 is 1.74 bits per heavy atom. The minimum atomic E-state index is -0.550. The molecule has 7 rings (SSSR count). The summed E-state index contributed by atoms with van der Waals surface area (Å²) in [4.78, 5) is 21.7. The normalized spacial score (nSPS) is 13.6. The van der Waals surface area contributed by atoms with E-state index in [1.807, 2.05) is 36.4 Å². The van der Waals surface area contributed by atoms with Gasteiger partial charge in [-0.3, -0.25) is 0 Å². The zero-order valence-corrected chi connectivity index (χ0v) is 19.4. The molecule has 0 bridgehead atoms. The highest BCUT2D eigenvalue weighted by molar-refractivity contribution is 6.14. The fraction of sp³-hybridized carbons (Fsp3) is 0.125. The molecule has 0 N–H and O–H groups in total. The van der Waals surface area contributed by atoms with Gasteiger partial charge in [-0.2, -0.15) is 0 Å². The van der Waals surface area contributed by atoms with Gasteiger partial charge in [0, 0.05) is 0 Å². The molecule has 1 aliphatic carbocycles. The first-order valence-corrected chi connectivity index (χ1v) is 12.0. The van der Waals surface area contributed by atoms with Gasteiger partial charge in [0.25, 0.3) is 0 Å². The second kappa shape index (κ2) is 10.4. The van der Waals surface area contributed by atoms with E-state index in [9.17, 15) is 9.59 Å². The molecule has 3 heteroatoms. The fourth-order valence-corrected chi connectivity index (χ4v) is 4.76. The third kappa shape index (κ3) is 4.85. The van der Waals surface area contributed by atoms with Gasteiger partial charge in [-0.25, -0.2) is 9.59 Å². The molecule has 172 valence electrons. The zero-order chi connectivity index (χ0) is 24.0. The second-order valence-electron chi connectivity index (χ2n) is 8.67. The van der Waals surface area contributed by atoms with Gasteiger partial charge in [-0.1, -0.05) is 97.1 Å². The average Bonchev–Trinajstić information content (AvgIpc) is 3.23. The van der Waals surface area contributed by atoms with Crippen LogP contribution in [0.5, 0.6) is 0 Å². The Bertz CT molecular complexity index is 1440. The number of fused-ring (bicyclic) bond motifs is 6. The molecule has 3 nitrogen and oxygen atoms in total. The lowest BCUT2D eigenvalue weighted by Crippen LogP contribution is -2.02. The molecule has 5 aromatic rings. The molecular weight excluding hydrogens is 432 g/mol. The molecule has 0 aromatic heterocycles. The number of esters is 2. The molecule has 0 amide bonds. The minimum absolute atomic E-state index is 0.359. The first kappa shape index (κ1) is 22.5. The highest BCUT2D eigenvalue weighted by Gasteiger charge is 2.28. The van der Waals surface area contributed by atoms with Crippen molar-refractivity contribution >= 4 is 33.5 Å². The molecule has 2 aliphatic rings. The van der Waals surface area contributed by atoms with Crippen molar-refractivity contribution < 1.29 is 14.3 Å². The SMILES string of the molecule is O=C1OC(=O)c2ccccc21.c1ccc2c(c1)ccc1c3c(ccc12)CCCC3.c1ccccc1. The number of aryl methyl sites for hydroxylation is 2. The number of hydrogen-bond acceptors (Lipinski definition) is 3. The lowest BCUT2D eigenvalue weighted by Gasteiger charge is -2.18. The number of ether oxygens (including phenoxy) is 1. The minimum Gasteiger partial charge on any atom is -0.386 e. The summed E-state index contributed by atoms with van der Waals surface area (Å²) in [6.07, 6.45) is 5.22. The second-order valence-corrected chi connectivity index (χ2v) is 8.67. The van der Waals surface area contributed by atoms with Gasteiger partial charge in [-0.15, -0.1) is 0 Å². The van der Waals surface area contributed by atoms with Crippen LogP contribution in [0.4, 0.5) is 0 Å². The van der Waals surface area contributed by atoms with Gasteiger partial charge in [0.05, 0.1) is 11.1 Å². The Labute approximate surface area is 205 Å². The van der Waals surface area contributed by atoms with E-state index < -0.39 is 11.9 Å². The van der Waals surface area contributed by atoms with Crippen LogP contribution in [-0.4, -0.2) is 11.9 Å². The molecule has 0 unspecified atom stereocenters. The van der Waals surface area contributed by atoms with Gasteiger partial charge in [0.1, 0.15) is 0 Å². The Balaban J connectivity index is 0.000000126. The smallest absolute Gasteiger partial charge is 0.346 e.